The van der Waals surface area contributed by atoms with E-state index in [0.29, 0.717) is 0 Å². The van der Waals surface area contributed by atoms with E-state index in [1.54, 1.807) is 6.20 Å². The summed E-state index contributed by atoms with van der Waals surface area (Å²) in [5, 5.41) is 0. The van der Waals surface area contributed by atoms with Crippen LogP contribution in [-0.2, 0) is 7.05 Å². The van der Waals surface area contributed by atoms with Gasteiger partial charge in [-0.2, -0.15) is 0 Å². The fourth-order valence-electron chi connectivity index (χ4n) is 1.27. The zero-order chi connectivity index (χ0) is 9.26. The molecule has 0 fully saturated rings. The summed E-state index contributed by atoms with van der Waals surface area (Å²) in [7, 11) is 1.99. The van der Waals surface area contributed by atoms with Crippen molar-refractivity contribution >= 4 is 15.9 Å². The second-order valence-corrected chi connectivity index (χ2v) is 3.70. The SMILES string of the molecule is Cn1ccnc1-c1ccccc1Br.[H-].[Na+]. The Hall–Kier alpha value is -0.0900. The van der Waals surface area contributed by atoms with Crippen molar-refractivity contribution in [3.05, 3.63) is 41.1 Å². The Morgan fingerprint density at radius 3 is 2.64 bits per heavy atom. The topological polar surface area (TPSA) is 17.8 Å². The molecule has 2 aromatic rings. The first-order chi connectivity index (χ1) is 6.29. The molecule has 0 spiro atoms. The Morgan fingerprint density at radius 2 is 2.07 bits per heavy atom. The monoisotopic (exact) mass is 260 g/mol. The molecule has 4 heteroatoms. The van der Waals surface area contributed by atoms with E-state index in [0.717, 1.165) is 15.9 Å². The Balaban J connectivity index is 0.000000980. The van der Waals surface area contributed by atoms with E-state index in [1.807, 2.05) is 42.1 Å². The summed E-state index contributed by atoms with van der Waals surface area (Å²) < 4.78 is 3.07. The van der Waals surface area contributed by atoms with E-state index in [1.165, 1.54) is 0 Å². The van der Waals surface area contributed by atoms with Crippen molar-refractivity contribution in [2.45, 2.75) is 0 Å². The first-order valence-electron chi connectivity index (χ1n) is 4.01. The van der Waals surface area contributed by atoms with Gasteiger partial charge < -0.3 is 5.99 Å². The van der Waals surface area contributed by atoms with Crippen LogP contribution in [0.25, 0.3) is 11.4 Å². The number of nitrogens with zero attached hydrogens (tertiary/aromatic N) is 2. The third-order valence-corrected chi connectivity index (χ3v) is 2.63. The van der Waals surface area contributed by atoms with E-state index in [4.69, 9.17) is 0 Å². The van der Waals surface area contributed by atoms with Crippen molar-refractivity contribution < 1.29 is 31.0 Å². The van der Waals surface area contributed by atoms with Gasteiger partial charge in [-0.25, -0.2) is 4.98 Å². The molecule has 0 amide bonds. The number of aromatic nitrogens is 2. The van der Waals surface area contributed by atoms with Crippen molar-refractivity contribution in [2.24, 2.45) is 7.05 Å². The normalized spacial score (nSPS) is 9.57. The predicted octanol–water partition coefficient (Wildman–Crippen LogP) is -0.0339. The van der Waals surface area contributed by atoms with Crippen LogP contribution < -0.4 is 29.6 Å². The van der Waals surface area contributed by atoms with Gasteiger partial charge in [-0.3, -0.25) is 0 Å². The molecule has 0 unspecified atom stereocenters. The molecule has 0 aliphatic heterocycles. The van der Waals surface area contributed by atoms with Gasteiger partial charge in [0.1, 0.15) is 5.82 Å². The van der Waals surface area contributed by atoms with Crippen LogP contribution in [0, 0.1) is 0 Å². The van der Waals surface area contributed by atoms with Crippen molar-refractivity contribution in [3.8, 4) is 11.4 Å². The minimum atomic E-state index is 0. The maximum absolute atomic E-state index is 4.28. The molecule has 0 aliphatic rings. The molecule has 14 heavy (non-hydrogen) atoms. The molecule has 0 radical (unpaired) electrons. The van der Waals surface area contributed by atoms with Crippen LogP contribution in [0.4, 0.5) is 0 Å². The minimum Gasteiger partial charge on any atom is -1.00 e. The zero-order valence-corrected chi connectivity index (χ0v) is 11.8. The van der Waals surface area contributed by atoms with Crippen LogP contribution in [0.5, 0.6) is 0 Å². The molecule has 2 nitrogen and oxygen atoms in total. The third-order valence-electron chi connectivity index (χ3n) is 1.94. The Kier molecular flexibility index (Phi) is 4.38. The van der Waals surface area contributed by atoms with Gasteiger partial charge in [0.15, 0.2) is 0 Å². The van der Waals surface area contributed by atoms with Gasteiger partial charge in [0.05, 0.1) is 0 Å². The van der Waals surface area contributed by atoms with Crippen LogP contribution in [0.15, 0.2) is 41.1 Å². The molecule has 0 N–H and O–H groups in total. The fraction of sp³-hybridized carbons (Fsp3) is 0.100. The molecule has 0 bridgehead atoms. The second-order valence-electron chi connectivity index (χ2n) is 2.84. The number of benzene rings is 1. The van der Waals surface area contributed by atoms with Crippen LogP contribution >= 0.6 is 15.9 Å². The molecule has 1 heterocycles. The van der Waals surface area contributed by atoms with Gasteiger partial charge in [0.25, 0.3) is 0 Å². The molecular formula is C10H10BrN2Na. The Labute approximate surface area is 115 Å². The van der Waals surface area contributed by atoms with E-state index in [-0.39, 0.29) is 31.0 Å². The number of imidazole rings is 1. The predicted molar refractivity (Wildman–Crippen MR) is 57.5 cm³/mol. The third kappa shape index (κ3) is 2.28. The molecule has 68 valence electrons. The molecule has 1 aromatic heterocycles. The molecule has 1 aromatic carbocycles. The number of rotatable bonds is 1. The molecule has 0 saturated heterocycles. The van der Waals surface area contributed by atoms with Crippen LogP contribution in [0.1, 0.15) is 1.43 Å². The van der Waals surface area contributed by atoms with Crippen molar-refractivity contribution in [3.63, 3.8) is 0 Å². The summed E-state index contributed by atoms with van der Waals surface area (Å²) in [6.07, 6.45) is 3.74. The molecule has 0 saturated carbocycles. The first-order valence-corrected chi connectivity index (χ1v) is 4.80. The van der Waals surface area contributed by atoms with Gasteiger partial charge in [-0.1, -0.05) is 34.1 Å². The average Bonchev–Trinajstić information content (AvgIpc) is 2.52. The van der Waals surface area contributed by atoms with E-state index >= 15 is 0 Å². The number of hydrogen-bond acceptors (Lipinski definition) is 1. The summed E-state index contributed by atoms with van der Waals surface area (Å²) in [5.41, 5.74) is 1.12. The zero-order valence-electron chi connectivity index (χ0n) is 9.24. The maximum Gasteiger partial charge on any atom is 1.00 e. The number of hydrogen-bond donors (Lipinski definition) is 0. The van der Waals surface area contributed by atoms with Crippen molar-refractivity contribution in [1.29, 1.82) is 0 Å². The van der Waals surface area contributed by atoms with Gasteiger partial charge in [0.2, 0.25) is 0 Å². The number of aryl methyl sites for hydroxylation is 1. The quantitative estimate of drug-likeness (QED) is 0.659. The average molecular weight is 261 g/mol. The van der Waals surface area contributed by atoms with Crippen LogP contribution in [0.2, 0.25) is 0 Å². The van der Waals surface area contributed by atoms with E-state index < -0.39 is 0 Å². The van der Waals surface area contributed by atoms with Gasteiger partial charge in [0, 0.05) is 29.5 Å². The molecule has 0 atom stereocenters. The van der Waals surface area contributed by atoms with Gasteiger partial charge in [-0.15, -0.1) is 0 Å². The van der Waals surface area contributed by atoms with E-state index in [9.17, 15) is 0 Å². The van der Waals surface area contributed by atoms with Crippen LogP contribution in [0.3, 0.4) is 0 Å². The standard InChI is InChI=1S/C10H9BrN2.Na.H/c1-13-7-6-12-10(13)8-4-2-3-5-9(8)11;;/h2-7H,1H3;;/q;+1;-1. The molecular weight excluding hydrogens is 251 g/mol. The summed E-state index contributed by atoms with van der Waals surface area (Å²) in [6, 6.07) is 8.07. The Morgan fingerprint density at radius 1 is 1.36 bits per heavy atom. The smallest absolute Gasteiger partial charge is 1.00 e. The fourth-order valence-corrected chi connectivity index (χ4v) is 1.73. The second kappa shape index (κ2) is 5.12. The summed E-state index contributed by atoms with van der Waals surface area (Å²) in [5.74, 6) is 0.979. The minimum absolute atomic E-state index is 0. The van der Waals surface area contributed by atoms with Gasteiger partial charge >= 0.3 is 29.6 Å². The Bertz CT molecular complexity index is 431. The maximum atomic E-state index is 4.28. The largest absolute Gasteiger partial charge is 1.00 e. The summed E-state index contributed by atoms with van der Waals surface area (Å²) >= 11 is 3.50. The first kappa shape index (κ1) is 12.0. The molecule has 2 rings (SSSR count). The van der Waals surface area contributed by atoms with Crippen molar-refractivity contribution in [1.82, 2.24) is 9.55 Å². The summed E-state index contributed by atoms with van der Waals surface area (Å²) in [4.78, 5) is 4.28. The number of halogens is 1. The molecule has 0 aliphatic carbocycles. The van der Waals surface area contributed by atoms with Crippen LogP contribution in [-0.4, -0.2) is 9.55 Å². The van der Waals surface area contributed by atoms with E-state index in [2.05, 4.69) is 20.9 Å². The van der Waals surface area contributed by atoms with Crippen molar-refractivity contribution in [2.75, 3.05) is 0 Å². The van der Waals surface area contributed by atoms with Gasteiger partial charge in [-0.05, 0) is 6.07 Å². The summed E-state index contributed by atoms with van der Waals surface area (Å²) in [6.45, 7) is 0.